The minimum absolute atomic E-state index is 0.117. The first kappa shape index (κ1) is 25.2. The molecule has 39 heavy (non-hydrogen) atoms. The molecule has 0 amide bonds. The Morgan fingerprint density at radius 3 is 2.79 bits per heavy atom. The molecule has 0 saturated heterocycles. The van der Waals surface area contributed by atoms with Crippen LogP contribution in [0.3, 0.4) is 0 Å². The minimum atomic E-state index is -1.83. The molecule has 2 aliphatic heterocycles. The number of benzene rings is 1. The number of aliphatic hydroxyl groups is 1. The third-order valence-electron chi connectivity index (χ3n) is 7.97. The summed E-state index contributed by atoms with van der Waals surface area (Å²) in [6.45, 7) is 7.62. The van der Waals surface area contributed by atoms with Crippen molar-refractivity contribution in [2.24, 2.45) is 0 Å². The van der Waals surface area contributed by atoms with Crippen LogP contribution in [-0.4, -0.2) is 27.2 Å². The summed E-state index contributed by atoms with van der Waals surface area (Å²) in [5.41, 5.74) is 4.09. The quantitative estimate of drug-likeness (QED) is 0.197. The molecule has 8 nitrogen and oxygen atoms in total. The SMILES string of the molecule is CCc1c2c(nc3ccc(OCCC[n+]4cccc(C)c4)cc13)-c1cc3c(c(=O)n1C2)COC(=O)[C@]3(O)CC. The maximum Gasteiger partial charge on any atom is 0.343 e. The molecular weight excluding hydrogens is 494 g/mol. The summed E-state index contributed by atoms with van der Waals surface area (Å²) in [5, 5.41) is 12.1. The molecule has 200 valence electrons. The van der Waals surface area contributed by atoms with Crippen molar-refractivity contribution in [2.45, 2.75) is 65.3 Å². The van der Waals surface area contributed by atoms with Gasteiger partial charge < -0.3 is 19.1 Å². The van der Waals surface area contributed by atoms with Gasteiger partial charge in [0, 0.05) is 34.6 Å². The summed E-state index contributed by atoms with van der Waals surface area (Å²) >= 11 is 0. The van der Waals surface area contributed by atoms with Gasteiger partial charge in [0.05, 0.1) is 35.6 Å². The van der Waals surface area contributed by atoms with Crippen LogP contribution in [0.15, 0.2) is 53.6 Å². The number of hydrogen-bond donors (Lipinski definition) is 1. The van der Waals surface area contributed by atoms with E-state index in [0.29, 0.717) is 30.0 Å². The number of aryl methyl sites for hydroxylation is 3. The fraction of sp³-hybridized carbons (Fsp3) is 0.355. The predicted molar refractivity (Wildman–Crippen MR) is 145 cm³/mol. The van der Waals surface area contributed by atoms with E-state index >= 15 is 0 Å². The maximum absolute atomic E-state index is 13.5. The fourth-order valence-corrected chi connectivity index (χ4v) is 5.86. The zero-order chi connectivity index (χ0) is 27.3. The fourth-order valence-electron chi connectivity index (χ4n) is 5.86. The van der Waals surface area contributed by atoms with Gasteiger partial charge in [0.15, 0.2) is 24.5 Å². The van der Waals surface area contributed by atoms with E-state index < -0.39 is 11.6 Å². The third-order valence-corrected chi connectivity index (χ3v) is 7.97. The zero-order valence-corrected chi connectivity index (χ0v) is 22.5. The lowest BCUT2D eigenvalue weighted by Crippen LogP contribution is -2.44. The van der Waals surface area contributed by atoms with Gasteiger partial charge in [0.1, 0.15) is 12.4 Å². The van der Waals surface area contributed by atoms with Crippen molar-refractivity contribution in [1.82, 2.24) is 9.55 Å². The monoisotopic (exact) mass is 526 g/mol. The van der Waals surface area contributed by atoms with Crippen LogP contribution in [-0.2, 0) is 41.2 Å². The first-order valence-corrected chi connectivity index (χ1v) is 13.5. The average Bonchev–Trinajstić information content (AvgIpc) is 3.30. The number of fused-ring (bicyclic) bond motifs is 5. The molecule has 4 aromatic rings. The Morgan fingerprint density at radius 2 is 2.03 bits per heavy atom. The molecule has 6 rings (SSSR count). The van der Waals surface area contributed by atoms with E-state index in [1.165, 1.54) is 5.56 Å². The van der Waals surface area contributed by atoms with Crippen LogP contribution in [0.2, 0.25) is 0 Å². The summed E-state index contributed by atoms with van der Waals surface area (Å²) in [5.74, 6) is 0.0748. The van der Waals surface area contributed by atoms with E-state index in [2.05, 4.69) is 42.9 Å². The molecule has 5 heterocycles. The molecule has 1 aromatic carbocycles. The van der Waals surface area contributed by atoms with E-state index in [9.17, 15) is 14.7 Å². The van der Waals surface area contributed by atoms with Crippen LogP contribution in [0.5, 0.6) is 5.75 Å². The van der Waals surface area contributed by atoms with E-state index in [1.54, 1.807) is 17.6 Å². The Bertz CT molecular complexity index is 1690. The van der Waals surface area contributed by atoms with E-state index in [0.717, 1.165) is 52.9 Å². The number of carbonyl (C=O) groups excluding carboxylic acids is 1. The highest BCUT2D eigenvalue weighted by Crippen LogP contribution is 2.40. The summed E-state index contributed by atoms with van der Waals surface area (Å²) in [6, 6.07) is 11.8. The molecule has 1 N–H and O–H groups in total. The molecule has 2 aliphatic rings. The van der Waals surface area contributed by atoms with Gasteiger partial charge in [0.25, 0.3) is 5.56 Å². The van der Waals surface area contributed by atoms with Gasteiger partial charge in [-0.2, -0.15) is 0 Å². The van der Waals surface area contributed by atoms with Gasteiger partial charge in [-0.15, -0.1) is 0 Å². The minimum Gasteiger partial charge on any atom is -0.493 e. The summed E-state index contributed by atoms with van der Waals surface area (Å²) in [6.07, 6.45) is 5.96. The van der Waals surface area contributed by atoms with Gasteiger partial charge in [-0.25, -0.2) is 14.3 Å². The molecule has 1 atom stereocenters. The van der Waals surface area contributed by atoms with Gasteiger partial charge in [-0.1, -0.05) is 13.8 Å². The highest BCUT2D eigenvalue weighted by atomic mass is 16.6. The molecule has 0 unspecified atom stereocenters. The summed E-state index contributed by atoms with van der Waals surface area (Å²) in [4.78, 5) is 30.9. The van der Waals surface area contributed by atoms with Crippen LogP contribution >= 0.6 is 0 Å². The van der Waals surface area contributed by atoms with Gasteiger partial charge in [0.2, 0.25) is 0 Å². The number of pyridine rings is 3. The molecule has 0 bridgehead atoms. The van der Waals surface area contributed by atoms with Crippen molar-refractivity contribution in [3.05, 3.63) is 87.0 Å². The normalized spacial score (nSPS) is 17.5. The van der Waals surface area contributed by atoms with Gasteiger partial charge in [-0.3, -0.25) is 4.79 Å². The lowest BCUT2D eigenvalue weighted by atomic mass is 9.86. The predicted octanol–water partition coefficient (Wildman–Crippen LogP) is 3.71. The number of carbonyl (C=O) groups is 1. The number of rotatable bonds is 7. The third kappa shape index (κ3) is 4.10. The zero-order valence-electron chi connectivity index (χ0n) is 22.5. The molecule has 0 aliphatic carbocycles. The second-order valence-electron chi connectivity index (χ2n) is 10.4. The first-order chi connectivity index (χ1) is 18.8. The molecule has 0 spiro atoms. The van der Waals surface area contributed by atoms with Crippen molar-refractivity contribution in [3.63, 3.8) is 0 Å². The highest BCUT2D eigenvalue weighted by Gasteiger charge is 2.45. The maximum atomic E-state index is 13.5. The number of hydrogen-bond acceptors (Lipinski definition) is 6. The van der Waals surface area contributed by atoms with Crippen molar-refractivity contribution in [1.29, 1.82) is 0 Å². The number of esters is 1. The van der Waals surface area contributed by atoms with Crippen molar-refractivity contribution in [2.75, 3.05) is 6.61 Å². The molecular formula is C31H32N3O5+. The molecule has 0 saturated carbocycles. The Balaban J connectivity index is 1.33. The number of nitrogens with zero attached hydrogens (tertiary/aromatic N) is 3. The highest BCUT2D eigenvalue weighted by molar-refractivity contribution is 5.90. The second kappa shape index (κ2) is 9.61. The van der Waals surface area contributed by atoms with Crippen LogP contribution in [0, 0.1) is 6.92 Å². The Labute approximate surface area is 226 Å². The number of ether oxygens (including phenoxy) is 2. The van der Waals surface area contributed by atoms with Crippen molar-refractivity contribution >= 4 is 16.9 Å². The Hall–Kier alpha value is -4.04. The summed E-state index contributed by atoms with van der Waals surface area (Å²) < 4.78 is 15.1. The molecule has 8 heteroatoms. The van der Waals surface area contributed by atoms with Crippen molar-refractivity contribution in [3.8, 4) is 17.1 Å². The standard InChI is InChI=1S/C31H32N3O5/c1-4-21-22-14-20(38-13-7-12-33-11-6-8-19(3)16-33)9-10-26(22)32-28-23(21)17-34-27(28)15-25-24(29(34)35)18-39-30(36)31(25,37)5-2/h6,8-11,14-16,37H,4-5,7,12-13,17-18H2,1-3H3/q+1/t31-/m0/s1. The Morgan fingerprint density at radius 1 is 1.18 bits per heavy atom. The molecule has 0 radical (unpaired) electrons. The average molecular weight is 527 g/mol. The molecule has 0 fully saturated rings. The summed E-state index contributed by atoms with van der Waals surface area (Å²) in [7, 11) is 0. The Kier molecular flexibility index (Phi) is 6.22. The smallest absolute Gasteiger partial charge is 0.343 e. The topological polar surface area (TPSA) is 94.5 Å². The number of cyclic esters (lactones) is 1. The van der Waals surface area contributed by atoms with E-state index in [1.807, 2.05) is 18.2 Å². The van der Waals surface area contributed by atoms with Crippen LogP contribution in [0.25, 0.3) is 22.3 Å². The number of aromatic nitrogens is 3. The lowest BCUT2D eigenvalue weighted by Gasteiger charge is -2.31. The largest absolute Gasteiger partial charge is 0.493 e. The lowest BCUT2D eigenvalue weighted by molar-refractivity contribution is -0.697. The van der Waals surface area contributed by atoms with E-state index in [-0.39, 0.29) is 18.6 Å². The van der Waals surface area contributed by atoms with Crippen LogP contribution in [0.4, 0.5) is 0 Å². The van der Waals surface area contributed by atoms with Crippen LogP contribution in [0.1, 0.15) is 54.5 Å². The second-order valence-corrected chi connectivity index (χ2v) is 10.4. The van der Waals surface area contributed by atoms with E-state index in [4.69, 9.17) is 14.5 Å². The first-order valence-electron chi connectivity index (χ1n) is 13.5. The van der Waals surface area contributed by atoms with Crippen molar-refractivity contribution < 1.29 is 23.9 Å². The van der Waals surface area contributed by atoms with Gasteiger partial charge in [-0.05, 0) is 55.7 Å². The van der Waals surface area contributed by atoms with Gasteiger partial charge >= 0.3 is 5.97 Å². The molecule has 3 aromatic heterocycles. The van der Waals surface area contributed by atoms with Crippen LogP contribution < -0.4 is 14.9 Å².